The third kappa shape index (κ3) is 2.33. The zero-order chi connectivity index (χ0) is 16.5. The molecule has 2 aromatic carbocycles. The lowest BCUT2D eigenvalue weighted by molar-refractivity contribution is 0.859. The average Bonchev–Trinajstić information content (AvgIpc) is 3.02. The number of hydrogen-bond donors (Lipinski definition) is 1. The molecule has 0 saturated heterocycles. The van der Waals surface area contributed by atoms with Crippen LogP contribution in [0.5, 0.6) is 0 Å². The molecule has 0 fully saturated rings. The van der Waals surface area contributed by atoms with Crippen molar-refractivity contribution in [1.29, 1.82) is 0 Å². The minimum Gasteiger partial charge on any atom is -0.293 e. The first-order chi connectivity index (χ1) is 11.8. The van der Waals surface area contributed by atoms with Crippen molar-refractivity contribution in [2.24, 2.45) is 0 Å². The number of hydrogen-bond acceptors (Lipinski definition) is 2. The van der Waals surface area contributed by atoms with E-state index >= 15 is 0 Å². The van der Waals surface area contributed by atoms with Gasteiger partial charge >= 0.3 is 0 Å². The Balaban J connectivity index is 2.05. The number of rotatable bonds is 3. The predicted molar refractivity (Wildman–Crippen MR) is 96.1 cm³/mol. The molecule has 0 aliphatic rings. The smallest absolute Gasteiger partial charge is 0.273 e. The topological polar surface area (TPSA) is 50.2 Å². The van der Waals surface area contributed by atoms with Crippen LogP contribution in [0.4, 0.5) is 0 Å². The monoisotopic (exact) mass is 315 g/mol. The lowest BCUT2D eigenvalue weighted by atomic mass is 10.0. The van der Waals surface area contributed by atoms with Crippen molar-refractivity contribution < 1.29 is 0 Å². The van der Waals surface area contributed by atoms with Crippen LogP contribution in [-0.4, -0.2) is 14.6 Å². The second-order valence-corrected chi connectivity index (χ2v) is 5.69. The Morgan fingerprint density at radius 1 is 0.958 bits per heavy atom. The molecule has 0 amide bonds. The molecule has 4 nitrogen and oxygen atoms in total. The van der Waals surface area contributed by atoms with Gasteiger partial charge in [-0.1, -0.05) is 67.6 Å². The number of nitrogens with one attached hydrogen (secondary N) is 1. The number of aromatic amines is 1. The number of benzene rings is 2. The highest BCUT2D eigenvalue weighted by molar-refractivity contribution is 5.81. The molecule has 1 N–H and O–H groups in total. The maximum Gasteiger partial charge on any atom is 0.273 e. The predicted octanol–water partition coefficient (Wildman–Crippen LogP) is 3.92. The van der Waals surface area contributed by atoms with Crippen LogP contribution in [-0.2, 0) is 6.42 Å². The number of fused-ring (bicyclic) bond motifs is 1. The van der Waals surface area contributed by atoms with Crippen molar-refractivity contribution in [1.82, 2.24) is 14.6 Å². The van der Waals surface area contributed by atoms with E-state index in [0.717, 1.165) is 28.8 Å². The number of H-pyrrole nitrogens is 1. The Morgan fingerprint density at radius 3 is 2.21 bits per heavy atom. The van der Waals surface area contributed by atoms with Gasteiger partial charge in [0, 0.05) is 22.9 Å². The third-order valence-corrected chi connectivity index (χ3v) is 4.18. The van der Waals surface area contributed by atoms with Gasteiger partial charge in [-0.15, -0.1) is 0 Å². The maximum absolute atomic E-state index is 12.6. The van der Waals surface area contributed by atoms with Crippen LogP contribution < -0.4 is 5.56 Å². The van der Waals surface area contributed by atoms with Crippen molar-refractivity contribution in [3.05, 3.63) is 82.8 Å². The minimum atomic E-state index is -0.101. The molecule has 0 bridgehead atoms. The normalized spacial score (nSPS) is 11.0. The van der Waals surface area contributed by atoms with E-state index in [0.29, 0.717) is 11.3 Å². The van der Waals surface area contributed by atoms with E-state index in [1.807, 2.05) is 60.7 Å². The van der Waals surface area contributed by atoms with Gasteiger partial charge in [-0.2, -0.15) is 0 Å². The van der Waals surface area contributed by atoms with Crippen molar-refractivity contribution in [2.45, 2.75) is 13.3 Å². The quantitative estimate of drug-likeness (QED) is 0.623. The van der Waals surface area contributed by atoms with Crippen LogP contribution in [0.15, 0.2) is 71.5 Å². The summed E-state index contributed by atoms with van der Waals surface area (Å²) in [5, 5.41) is 3.20. The highest BCUT2D eigenvalue weighted by Crippen LogP contribution is 2.28. The second kappa shape index (κ2) is 5.81. The van der Waals surface area contributed by atoms with Crippen molar-refractivity contribution >= 4 is 5.65 Å². The van der Waals surface area contributed by atoms with Crippen molar-refractivity contribution in [2.75, 3.05) is 0 Å². The van der Waals surface area contributed by atoms with E-state index < -0.39 is 0 Å². The molecule has 2 aromatic heterocycles. The van der Waals surface area contributed by atoms with E-state index in [1.165, 1.54) is 4.52 Å². The summed E-state index contributed by atoms with van der Waals surface area (Å²) < 4.78 is 1.54. The standard InChI is InChI=1S/C20H17N3O/c1-2-16-19(15-11-7-4-8-12-15)20-21-17(13-18(24)23(20)22-16)14-9-5-3-6-10-14/h3-13,22H,2H2,1H3. The lowest BCUT2D eigenvalue weighted by Crippen LogP contribution is -2.14. The van der Waals surface area contributed by atoms with Crippen LogP contribution in [0.25, 0.3) is 28.0 Å². The molecular weight excluding hydrogens is 298 g/mol. The molecule has 0 saturated carbocycles. The first kappa shape index (κ1) is 14.5. The fourth-order valence-corrected chi connectivity index (χ4v) is 3.00. The van der Waals surface area contributed by atoms with Gasteiger partial charge in [-0.3, -0.25) is 9.89 Å². The molecule has 2 heterocycles. The summed E-state index contributed by atoms with van der Waals surface area (Å²) >= 11 is 0. The van der Waals surface area contributed by atoms with E-state index in [1.54, 1.807) is 6.07 Å². The largest absolute Gasteiger partial charge is 0.293 e. The van der Waals surface area contributed by atoms with Gasteiger partial charge in [0.05, 0.1) is 5.69 Å². The molecule has 24 heavy (non-hydrogen) atoms. The second-order valence-electron chi connectivity index (χ2n) is 5.69. The molecule has 0 aliphatic carbocycles. The molecular formula is C20H17N3O. The lowest BCUT2D eigenvalue weighted by Gasteiger charge is -2.04. The van der Waals surface area contributed by atoms with Gasteiger partial charge < -0.3 is 0 Å². The zero-order valence-electron chi connectivity index (χ0n) is 13.4. The minimum absolute atomic E-state index is 0.101. The van der Waals surface area contributed by atoms with Crippen LogP contribution in [0.3, 0.4) is 0 Å². The summed E-state index contributed by atoms with van der Waals surface area (Å²) in [5.74, 6) is 0. The van der Waals surface area contributed by atoms with Gasteiger partial charge in [0.25, 0.3) is 5.56 Å². The summed E-state index contributed by atoms with van der Waals surface area (Å²) in [5.41, 5.74) is 5.27. The van der Waals surface area contributed by atoms with Gasteiger partial charge in [-0.05, 0) is 12.0 Å². The summed E-state index contributed by atoms with van der Waals surface area (Å²) in [6.07, 6.45) is 0.799. The number of aryl methyl sites for hydroxylation is 1. The third-order valence-electron chi connectivity index (χ3n) is 4.18. The highest BCUT2D eigenvalue weighted by atomic mass is 16.1. The SMILES string of the molecule is CCc1[nH]n2c(=O)cc(-c3ccccc3)nc2c1-c1ccccc1. The van der Waals surface area contributed by atoms with Crippen LogP contribution in [0, 0.1) is 0 Å². The highest BCUT2D eigenvalue weighted by Gasteiger charge is 2.16. The average molecular weight is 315 g/mol. The Labute approximate surface area is 139 Å². The summed E-state index contributed by atoms with van der Waals surface area (Å²) in [7, 11) is 0. The molecule has 4 aromatic rings. The van der Waals surface area contributed by atoms with Crippen molar-refractivity contribution in [3.63, 3.8) is 0 Å². The van der Waals surface area contributed by atoms with Gasteiger partial charge in [0.2, 0.25) is 0 Å². The van der Waals surface area contributed by atoms with E-state index in [2.05, 4.69) is 12.0 Å². The fourth-order valence-electron chi connectivity index (χ4n) is 3.00. The molecule has 0 spiro atoms. The van der Waals surface area contributed by atoms with E-state index in [-0.39, 0.29) is 5.56 Å². The first-order valence-corrected chi connectivity index (χ1v) is 8.03. The van der Waals surface area contributed by atoms with Gasteiger partial charge in [0.1, 0.15) is 0 Å². The molecule has 118 valence electrons. The number of aromatic nitrogens is 3. The summed E-state index contributed by atoms with van der Waals surface area (Å²) in [4.78, 5) is 17.4. The molecule has 0 unspecified atom stereocenters. The molecule has 0 aliphatic heterocycles. The molecule has 4 rings (SSSR count). The summed E-state index contributed by atoms with van der Waals surface area (Å²) in [6.45, 7) is 2.07. The van der Waals surface area contributed by atoms with Gasteiger partial charge in [-0.25, -0.2) is 9.50 Å². The van der Waals surface area contributed by atoms with E-state index in [4.69, 9.17) is 4.98 Å². The molecule has 0 radical (unpaired) electrons. The number of nitrogens with zero attached hydrogens (tertiary/aromatic N) is 2. The Hall–Kier alpha value is -3.14. The molecule has 0 atom stereocenters. The Morgan fingerprint density at radius 2 is 1.58 bits per heavy atom. The van der Waals surface area contributed by atoms with Crippen LogP contribution in [0.1, 0.15) is 12.6 Å². The first-order valence-electron chi connectivity index (χ1n) is 8.03. The zero-order valence-corrected chi connectivity index (χ0v) is 13.4. The van der Waals surface area contributed by atoms with E-state index in [9.17, 15) is 4.79 Å². The van der Waals surface area contributed by atoms with Crippen LogP contribution >= 0.6 is 0 Å². The van der Waals surface area contributed by atoms with Gasteiger partial charge in [0.15, 0.2) is 5.65 Å². The maximum atomic E-state index is 12.6. The van der Waals surface area contributed by atoms with Crippen molar-refractivity contribution in [3.8, 4) is 22.4 Å². The summed E-state index contributed by atoms with van der Waals surface area (Å²) in [6, 6.07) is 21.4. The molecule has 4 heteroatoms. The fraction of sp³-hybridized carbons (Fsp3) is 0.100. The Kier molecular flexibility index (Phi) is 3.50. The van der Waals surface area contributed by atoms with Crippen LogP contribution in [0.2, 0.25) is 0 Å². The Bertz CT molecular complexity index is 1050.